The highest BCUT2D eigenvalue weighted by molar-refractivity contribution is 5.94. The maximum Gasteiger partial charge on any atom is 0.408 e. The maximum atomic E-state index is 14.1. The largest absolute Gasteiger partial charge is 0.508 e. The molecule has 1 fully saturated rings. The number of benzene rings is 2. The number of alkyl carbamates (subject to hydrolysis) is 1. The average Bonchev–Trinajstić information content (AvgIpc) is 3.01. The van der Waals surface area contributed by atoms with Crippen LogP contribution in [0.15, 0.2) is 42.5 Å². The molecule has 0 spiro atoms. The first-order valence-electron chi connectivity index (χ1n) is 17.0. The van der Waals surface area contributed by atoms with Crippen LogP contribution in [-0.4, -0.2) is 83.6 Å². The molecule has 1 aliphatic heterocycles. The highest BCUT2D eigenvalue weighted by Crippen LogP contribution is 2.31. The van der Waals surface area contributed by atoms with E-state index in [1.165, 1.54) is 36.2 Å². The van der Waals surface area contributed by atoms with Crippen LogP contribution in [0, 0.1) is 5.82 Å². The van der Waals surface area contributed by atoms with Gasteiger partial charge < -0.3 is 36.0 Å². The van der Waals surface area contributed by atoms with E-state index in [1.54, 1.807) is 39.0 Å². The van der Waals surface area contributed by atoms with Crippen LogP contribution in [0.1, 0.15) is 83.9 Å². The number of carbonyl (C=O) groups excluding carboxylic acids is 5. The fourth-order valence-corrected chi connectivity index (χ4v) is 5.63. The van der Waals surface area contributed by atoms with Crippen molar-refractivity contribution < 1.29 is 38.2 Å². The first kappa shape index (κ1) is 39.8. The molecule has 2 aromatic carbocycles. The van der Waals surface area contributed by atoms with Crippen LogP contribution in [-0.2, 0) is 42.2 Å². The Morgan fingerprint density at radius 1 is 0.960 bits per heavy atom. The summed E-state index contributed by atoms with van der Waals surface area (Å²) < 4.78 is 19.1. The summed E-state index contributed by atoms with van der Waals surface area (Å²) in [6, 6.07) is 7.23. The third-order valence-electron chi connectivity index (χ3n) is 8.28. The molecule has 1 aliphatic rings. The molecule has 0 saturated carbocycles. The van der Waals surface area contributed by atoms with Gasteiger partial charge in [0.25, 0.3) is 0 Å². The Morgan fingerprint density at radius 3 is 2.26 bits per heavy atom. The number of nitrogens with zero attached hydrogens (tertiary/aromatic N) is 1. The number of rotatable bonds is 7. The fourth-order valence-electron chi connectivity index (χ4n) is 5.63. The van der Waals surface area contributed by atoms with Crippen LogP contribution in [0.5, 0.6) is 5.75 Å². The number of amides is 5. The van der Waals surface area contributed by atoms with E-state index in [-0.39, 0.29) is 43.9 Å². The van der Waals surface area contributed by atoms with Crippen molar-refractivity contribution in [2.24, 2.45) is 0 Å². The number of hydrogen-bond acceptors (Lipinski definition) is 7. The van der Waals surface area contributed by atoms with Gasteiger partial charge in [-0.2, -0.15) is 0 Å². The molecule has 0 bridgehead atoms. The average molecular weight is 698 g/mol. The number of carbonyl (C=O) groups is 5. The van der Waals surface area contributed by atoms with E-state index >= 15 is 0 Å². The minimum Gasteiger partial charge on any atom is -0.508 e. The van der Waals surface area contributed by atoms with Crippen molar-refractivity contribution >= 4 is 29.7 Å². The van der Waals surface area contributed by atoms with Gasteiger partial charge >= 0.3 is 6.09 Å². The molecule has 1 unspecified atom stereocenters. The molecule has 12 nitrogen and oxygen atoms in total. The Hall–Kier alpha value is -4.68. The van der Waals surface area contributed by atoms with Gasteiger partial charge in [-0.3, -0.25) is 19.2 Å². The normalized spacial score (nSPS) is 18.8. The molecule has 5 amide bonds. The lowest BCUT2D eigenvalue weighted by atomic mass is 9.84. The van der Waals surface area contributed by atoms with Crippen molar-refractivity contribution in [3.05, 3.63) is 65.0 Å². The second-order valence-electron chi connectivity index (χ2n) is 14.7. The first-order valence-corrected chi connectivity index (χ1v) is 17.0. The summed E-state index contributed by atoms with van der Waals surface area (Å²) in [6.07, 6.45) is 0.489. The van der Waals surface area contributed by atoms with Crippen LogP contribution in [0.2, 0.25) is 0 Å². The predicted molar refractivity (Wildman–Crippen MR) is 187 cm³/mol. The van der Waals surface area contributed by atoms with Gasteiger partial charge in [0.15, 0.2) is 0 Å². The minimum atomic E-state index is -1.17. The Bertz CT molecular complexity index is 1520. The molecule has 3 atom stereocenters. The molecule has 5 N–H and O–H groups in total. The van der Waals surface area contributed by atoms with E-state index in [0.29, 0.717) is 36.1 Å². The molecular weight excluding hydrogens is 645 g/mol. The molecular formula is C37H52FN5O7. The summed E-state index contributed by atoms with van der Waals surface area (Å²) in [7, 11) is 1.45. The van der Waals surface area contributed by atoms with Gasteiger partial charge in [0, 0.05) is 39.4 Å². The van der Waals surface area contributed by atoms with E-state index in [2.05, 4.69) is 21.3 Å². The monoisotopic (exact) mass is 697 g/mol. The molecule has 2 aromatic rings. The summed E-state index contributed by atoms with van der Waals surface area (Å²) >= 11 is 0. The second kappa shape index (κ2) is 17.3. The van der Waals surface area contributed by atoms with Crippen molar-refractivity contribution in [3.8, 4) is 5.75 Å². The quantitative estimate of drug-likeness (QED) is 0.295. The Labute approximate surface area is 293 Å². The van der Waals surface area contributed by atoms with Crippen molar-refractivity contribution in [3.63, 3.8) is 0 Å². The van der Waals surface area contributed by atoms with Gasteiger partial charge in [-0.15, -0.1) is 0 Å². The van der Waals surface area contributed by atoms with Crippen LogP contribution >= 0.6 is 0 Å². The van der Waals surface area contributed by atoms with Gasteiger partial charge in [0.1, 0.15) is 35.3 Å². The zero-order chi connectivity index (χ0) is 37.2. The van der Waals surface area contributed by atoms with Crippen LogP contribution < -0.4 is 21.3 Å². The summed E-state index contributed by atoms with van der Waals surface area (Å²) in [5.41, 5.74) is 0.691. The number of hydrogen-bond donors (Lipinski definition) is 5. The summed E-state index contributed by atoms with van der Waals surface area (Å²) in [4.78, 5) is 68.2. The molecule has 0 aromatic heterocycles. The van der Waals surface area contributed by atoms with Gasteiger partial charge in [-0.25, -0.2) is 9.18 Å². The molecule has 1 saturated heterocycles. The number of likely N-dealkylation sites (N-methyl/N-ethyl adjacent to an activating group) is 1. The van der Waals surface area contributed by atoms with E-state index in [1.807, 2.05) is 20.8 Å². The highest BCUT2D eigenvalue weighted by atomic mass is 19.1. The number of ether oxygens (including phenoxy) is 1. The molecule has 274 valence electrons. The van der Waals surface area contributed by atoms with Gasteiger partial charge in [0.05, 0.1) is 0 Å². The Morgan fingerprint density at radius 2 is 1.62 bits per heavy atom. The molecule has 0 radical (unpaired) electrons. The van der Waals surface area contributed by atoms with Crippen molar-refractivity contribution in [1.29, 1.82) is 0 Å². The predicted octanol–water partition coefficient (Wildman–Crippen LogP) is 3.63. The van der Waals surface area contributed by atoms with E-state index < -0.39 is 58.8 Å². The SMILES string of the molecule is CN(C(=O)[C@H](Cc1ccc(F)cc1)NC(=O)OC(C)(C)C)[C@H]1CCCCNC(=O)CCNC(=O)C(Cc2ccc(O)c(C(C)(C)C)c2)NC1=O. The minimum absolute atomic E-state index is 0.00887. The van der Waals surface area contributed by atoms with Gasteiger partial charge in [-0.1, -0.05) is 45.0 Å². The zero-order valence-corrected chi connectivity index (χ0v) is 30.2. The maximum absolute atomic E-state index is 14.1. The van der Waals surface area contributed by atoms with E-state index in [0.717, 1.165) is 0 Å². The lowest BCUT2D eigenvalue weighted by Gasteiger charge is -2.32. The number of halogens is 1. The highest BCUT2D eigenvalue weighted by Gasteiger charge is 2.35. The third-order valence-corrected chi connectivity index (χ3v) is 8.28. The summed E-state index contributed by atoms with van der Waals surface area (Å²) in [5.74, 6) is -2.25. The smallest absolute Gasteiger partial charge is 0.408 e. The van der Waals surface area contributed by atoms with E-state index in [4.69, 9.17) is 4.74 Å². The lowest BCUT2D eigenvalue weighted by molar-refractivity contribution is -0.141. The summed E-state index contributed by atoms with van der Waals surface area (Å²) in [5, 5.41) is 21.5. The Balaban J connectivity index is 1.95. The number of nitrogens with one attached hydrogen (secondary N) is 4. The third kappa shape index (κ3) is 12.3. The molecule has 3 rings (SSSR count). The van der Waals surface area contributed by atoms with Gasteiger partial charge in [0.2, 0.25) is 23.6 Å². The fraction of sp³-hybridized carbons (Fsp3) is 0.541. The second-order valence-corrected chi connectivity index (χ2v) is 14.7. The number of aromatic hydroxyl groups is 1. The zero-order valence-electron chi connectivity index (χ0n) is 30.2. The lowest BCUT2D eigenvalue weighted by Crippen LogP contribution is -2.58. The van der Waals surface area contributed by atoms with Crippen LogP contribution in [0.4, 0.5) is 9.18 Å². The molecule has 50 heavy (non-hydrogen) atoms. The summed E-state index contributed by atoms with van der Waals surface area (Å²) in [6.45, 7) is 11.3. The van der Waals surface area contributed by atoms with Crippen LogP contribution in [0.25, 0.3) is 0 Å². The number of phenols is 1. The number of phenolic OH excluding ortho intramolecular Hbond substituents is 1. The van der Waals surface area contributed by atoms with Crippen molar-refractivity contribution in [1.82, 2.24) is 26.2 Å². The first-order chi connectivity index (χ1) is 23.3. The molecule has 13 heteroatoms. The van der Waals surface area contributed by atoms with Gasteiger partial charge in [-0.05, 0) is 80.3 Å². The van der Waals surface area contributed by atoms with Crippen molar-refractivity contribution in [2.75, 3.05) is 20.1 Å². The topological polar surface area (TPSA) is 166 Å². The van der Waals surface area contributed by atoms with Crippen LogP contribution in [0.3, 0.4) is 0 Å². The standard InChI is InChI=1S/C37H52FN5O7/c1-36(2,3)26-20-24(13-16-30(26)44)22-27-32(46)40-19-17-31(45)39-18-9-8-10-29(33(47)41-27)43(7)34(48)28(42-35(49)50-37(4,5)6)21-23-11-14-25(38)15-12-23/h11-16,20,27-29,44H,8-10,17-19,21-22H2,1-7H3,(H,39,45)(H,40,46)(H,41,47)(H,42,49)/t27?,28-,29-/m0/s1. The van der Waals surface area contributed by atoms with E-state index in [9.17, 15) is 33.5 Å². The molecule has 0 aliphatic carbocycles. The Kier molecular flexibility index (Phi) is 13.8. The van der Waals surface area contributed by atoms with Crippen molar-refractivity contribution in [2.45, 2.75) is 109 Å². The molecule has 1 heterocycles.